The van der Waals surface area contributed by atoms with Crippen LogP contribution in [0.2, 0.25) is 0 Å². The molecule has 148 valence electrons. The van der Waals surface area contributed by atoms with Gasteiger partial charge in [-0.3, -0.25) is 9.59 Å². The third-order valence-electron chi connectivity index (χ3n) is 6.14. The van der Waals surface area contributed by atoms with Crippen LogP contribution in [-0.4, -0.2) is 29.9 Å². The van der Waals surface area contributed by atoms with E-state index in [1.54, 1.807) is 0 Å². The van der Waals surface area contributed by atoms with Gasteiger partial charge < -0.3 is 16.0 Å². The van der Waals surface area contributed by atoms with Crippen molar-refractivity contribution in [1.29, 1.82) is 0 Å². The molecule has 5 heteroatoms. The van der Waals surface area contributed by atoms with Crippen LogP contribution in [0.1, 0.15) is 63.5 Å². The van der Waals surface area contributed by atoms with E-state index in [9.17, 15) is 9.59 Å². The fourth-order valence-corrected chi connectivity index (χ4v) is 4.13. The highest BCUT2D eigenvalue weighted by molar-refractivity contribution is 5.90. The summed E-state index contributed by atoms with van der Waals surface area (Å²) < 4.78 is 0. The lowest BCUT2D eigenvalue weighted by Crippen LogP contribution is -2.57. The van der Waals surface area contributed by atoms with Gasteiger partial charge in [-0.1, -0.05) is 63.8 Å². The SMILES string of the molecule is CCC(C)C(NC(=O)C1Cc2ccccc2CN1)C(=O)NC1CCCCC1. The third kappa shape index (κ3) is 5.10. The first kappa shape index (κ1) is 19.9. The summed E-state index contributed by atoms with van der Waals surface area (Å²) >= 11 is 0. The normalized spacial score (nSPS) is 22.4. The van der Waals surface area contributed by atoms with E-state index in [0.29, 0.717) is 13.0 Å². The Morgan fingerprint density at radius 1 is 1.15 bits per heavy atom. The van der Waals surface area contributed by atoms with Crippen molar-refractivity contribution < 1.29 is 9.59 Å². The van der Waals surface area contributed by atoms with Crippen molar-refractivity contribution in [3.05, 3.63) is 35.4 Å². The molecule has 3 N–H and O–H groups in total. The molecule has 3 unspecified atom stereocenters. The standard InChI is InChI=1S/C22H33N3O2/c1-3-15(2)20(22(27)24-18-11-5-4-6-12-18)25-21(26)19-13-16-9-7-8-10-17(16)14-23-19/h7-10,15,18-20,23H,3-6,11-14H2,1-2H3,(H,24,27)(H,25,26). The Kier molecular flexibility index (Phi) is 6.89. The number of carbonyl (C=O) groups excluding carboxylic acids is 2. The fourth-order valence-electron chi connectivity index (χ4n) is 4.13. The van der Waals surface area contributed by atoms with Crippen molar-refractivity contribution in [1.82, 2.24) is 16.0 Å². The van der Waals surface area contributed by atoms with Gasteiger partial charge in [-0.2, -0.15) is 0 Å². The zero-order valence-electron chi connectivity index (χ0n) is 16.6. The minimum atomic E-state index is -0.469. The Morgan fingerprint density at radius 3 is 2.56 bits per heavy atom. The first-order valence-electron chi connectivity index (χ1n) is 10.5. The van der Waals surface area contributed by atoms with Crippen molar-refractivity contribution in [2.75, 3.05) is 0 Å². The number of nitrogens with one attached hydrogen (secondary N) is 3. The maximum absolute atomic E-state index is 12.9. The van der Waals surface area contributed by atoms with Crippen LogP contribution in [0.15, 0.2) is 24.3 Å². The monoisotopic (exact) mass is 371 g/mol. The van der Waals surface area contributed by atoms with Gasteiger partial charge in [-0.15, -0.1) is 0 Å². The maximum atomic E-state index is 12.9. The lowest BCUT2D eigenvalue weighted by Gasteiger charge is -2.31. The molecule has 0 aromatic heterocycles. The van der Waals surface area contributed by atoms with E-state index in [2.05, 4.69) is 35.0 Å². The molecule has 0 saturated heterocycles. The molecule has 1 heterocycles. The molecule has 27 heavy (non-hydrogen) atoms. The zero-order valence-corrected chi connectivity index (χ0v) is 16.6. The highest BCUT2D eigenvalue weighted by atomic mass is 16.2. The van der Waals surface area contributed by atoms with Gasteiger partial charge in [0.2, 0.25) is 11.8 Å². The van der Waals surface area contributed by atoms with Crippen molar-refractivity contribution >= 4 is 11.8 Å². The van der Waals surface area contributed by atoms with Crippen LogP contribution < -0.4 is 16.0 Å². The van der Waals surface area contributed by atoms with Crippen LogP contribution in [0.4, 0.5) is 0 Å². The summed E-state index contributed by atoms with van der Waals surface area (Å²) in [5.41, 5.74) is 2.46. The van der Waals surface area contributed by atoms with Crippen LogP contribution in [-0.2, 0) is 22.6 Å². The zero-order chi connectivity index (χ0) is 19.2. The number of carbonyl (C=O) groups is 2. The van der Waals surface area contributed by atoms with Crippen molar-refractivity contribution in [3.8, 4) is 0 Å². The third-order valence-corrected chi connectivity index (χ3v) is 6.14. The molecule has 3 rings (SSSR count). The largest absolute Gasteiger partial charge is 0.352 e. The van der Waals surface area contributed by atoms with E-state index < -0.39 is 6.04 Å². The Labute approximate surface area is 162 Å². The molecule has 0 spiro atoms. The molecule has 1 aliphatic heterocycles. The first-order valence-corrected chi connectivity index (χ1v) is 10.5. The fraction of sp³-hybridized carbons (Fsp3) is 0.636. The number of amides is 2. The first-order chi connectivity index (χ1) is 13.1. The van der Waals surface area contributed by atoms with Crippen LogP contribution in [0, 0.1) is 5.92 Å². The smallest absolute Gasteiger partial charge is 0.243 e. The number of hydrogen-bond acceptors (Lipinski definition) is 3. The molecule has 2 amide bonds. The quantitative estimate of drug-likeness (QED) is 0.720. The molecule has 5 nitrogen and oxygen atoms in total. The van der Waals surface area contributed by atoms with Crippen LogP contribution in [0.5, 0.6) is 0 Å². The highest BCUT2D eigenvalue weighted by Gasteiger charge is 2.31. The Balaban J connectivity index is 1.61. The number of hydrogen-bond donors (Lipinski definition) is 3. The van der Waals surface area contributed by atoms with Gasteiger partial charge in [-0.05, 0) is 36.3 Å². The summed E-state index contributed by atoms with van der Waals surface area (Å²) in [5.74, 6) is 0.00261. The van der Waals surface area contributed by atoms with Crippen molar-refractivity contribution in [2.24, 2.45) is 5.92 Å². The predicted molar refractivity (Wildman–Crippen MR) is 107 cm³/mol. The summed E-state index contributed by atoms with van der Waals surface area (Å²) in [6.07, 6.45) is 7.23. The molecule has 1 aromatic carbocycles. The summed E-state index contributed by atoms with van der Waals surface area (Å²) in [5, 5.41) is 9.54. The van der Waals surface area contributed by atoms with Crippen LogP contribution in [0.3, 0.4) is 0 Å². The molecule has 2 aliphatic rings. The lowest BCUT2D eigenvalue weighted by molar-refractivity contribution is -0.131. The number of fused-ring (bicyclic) bond motifs is 1. The van der Waals surface area contributed by atoms with E-state index in [1.165, 1.54) is 30.4 Å². The minimum absolute atomic E-state index is 0.0270. The van der Waals surface area contributed by atoms with E-state index in [1.807, 2.05) is 19.1 Å². The van der Waals surface area contributed by atoms with Gasteiger partial charge in [0.25, 0.3) is 0 Å². The predicted octanol–water partition coefficient (Wildman–Crippen LogP) is 2.68. The Hall–Kier alpha value is -1.88. The second-order valence-corrected chi connectivity index (χ2v) is 8.12. The summed E-state index contributed by atoms with van der Waals surface area (Å²) in [4.78, 5) is 25.8. The minimum Gasteiger partial charge on any atom is -0.352 e. The van der Waals surface area contributed by atoms with Crippen LogP contribution in [0.25, 0.3) is 0 Å². The average molecular weight is 372 g/mol. The number of benzene rings is 1. The molecule has 1 saturated carbocycles. The van der Waals surface area contributed by atoms with Gasteiger partial charge in [0, 0.05) is 12.6 Å². The van der Waals surface area contributed by atoms with Gasteiger partial charge >= 0.3 is 0 Å². The van der Waals surface area contributed by atoms with E-state index in [0.717, 1.165) is 19.3 Å². The number of rotatable bonds is 6. The second-order valence-electron chi connectivity index (χ2n) is 8.12. The van der Waals surface area contributed by atoms with E-state index in [-0.39, 0.29) is 29.8 Å². The summed E-state index contributed by atoms with van der Waals surface area (Å²) in [7, 11) is 0. The lowest BCUT2D eigenvalue weighted by atomic mass is 9.92. The molecule has 3 atom stereocenters. The Bertz CT molecular complexity index is 655. The van der Waals surface area contributed by atoms with Crippen molar-refractivity contribution in [2.45, 2.75) is 83.5 Å². The molecular weight excluding hydrogens is 338 g/mol. The average Bonchev–Trinajstić information content (AvgIpc) is 2.71. The molecule has 0 bridgehead atoms. The highest BCUT2D eigenvalue weighted by Crippen LogP contribution is 2.19. The summed E-state index contributed by atoms with van der Waals surface area (Å²) in [6.45, 7) is 4.79. The molecule has 1 fully saturated rings. The van der Waals surface area contributed by atoms with Gasteiger partial charge in [0.15, 0.2) is 0 Å². The summed E-state index contributed by atoms with van der Waals surface area (Å²) in [6, 6.07) is 7.72. The molecule has 1 aliphatic carbocycles. The van der Waals surface area contributed by atoms with Crippen LogP contribution >= 0.6 is 0 Å². The van der Waals surface area contributed by atoms with Gasteiger partial charge in [-0.25, -0.2) is 0 Å². The topological polar surface area (TPSA) is 70.2 Å². The Morgan fingerprint density at radius 2 is 1.85 bits per heavy atom. The van der Waals surface area contributed by atoms with Gasteiger partial charge in [0.05, 0.1) is 6.04 Å². The maximum Gasteiger partial charge on any atom is 0.243 e. The molecular formula is C22H33N3O2. The van der Waals surface area contributed by atoms with E-state index in [4.69, 9.17) is 0 Å². The second kappa shape index (κ2) is 9.36. The van der Waals surface area contributed by atoms with Crippen molar-refractivity contribution in [3.63, 3.8) is 0 Å². The molecule has 0 radical (unpaired) electrons. The van der Waals surface area contributed by atoms with Gasteiger partial charge in [0.1, 0.15) is 6.04 Å². The van der Waals surface area contributed by atoms with E-state index >= 15 is 0 Å². The molecule has 1 aromatic rings.